The third-order valence-electron chi connectivity index (χ3n) is 3.00. The van der Waals surface area contributed by atoms with Crippen LogP contribution in [0.15, 0.2) is 6.07 Å². The SMILES string of the molecule is C[As]Cc1cc2nc(Cl)nc(N3CCOCC3)c2s1. The average molecular weight is 359 g/mol. The third kappa shape index (κ3) is 2.89. The van der Waals surface area contributed by atoms with Crippen molar-refractivity contribution in [3.63, 3.8) is 0 Å². The van der Waals surface area contributed by atoms with E-state index in [1.165, 1.54) is 10.1 Å². The molecular weight excluding hydrogens is 345 g/mol. The fourth-order valence-corrected chi connectivity index (χ4v) is 5.23. The van der Waals surface area contributed by atoms with Crippen LogP contribution in [-0.4, -0.2) is 52.0 Å². The Morgan fingerprint density at radius 2 is 2.21 bits per heavy atom. The first-order valence-corrected chi connectivity index (χ1v) is 10.5. The Kier molecular flexibility index (Phi) is 4.27. The maximum atomic E-state index is 6.06. The zero-order valence-electron chi connectivity index (χ0n) is 10.6. The summed E-state index contributed by atoms with van der Waals surface area (Å²) in [6.45, 7) is 3.24. The quantitative estimate of drug-likeness (QED) is 0.624. The number of hydrogen-bond acceptors (Lipinski definition) is 5. The van der Waals surface area contributed by atoms with Gasteiger partial charge in [0.1, 0.15) is 0 Å². The van der Waals surface area contributed by atoms with Gasteiger partial charge in [-0.25, -0.2) is 0 Å². The Morgan fingerprint density at radius 1 is 1.42 bits per heavy atom. The number of anilines is 1. The van der Waals surface area contributed by atoms with Gasteiger partial charge >= 0.3 is 128 Å². The fourth-order valence-electron chi connectivity index (χ4n) is 2.16. The summed E-state index contributed by atoms with van der Waals surface area (Å²) in [6, 6.07) is 2.16. The predicted octanol–water partition coefficient (Wildman–Crippen LogP) is 2.43. The second-order valence-corrected chi connectivity index (χ2v) is 7.78. The van der Waals surface area contributed by atoms with Crippen molar-refractivity contribution in [2.24, 2.45) is 0 Å². The van der Waals surface area contributed by atoms with Crippen molar-refractivity contribution in [2.45, 2.75) is 10.9 Å². The topological polar surface area (TPSA) is 38.2 Å². The second-order valence-electron chi connectivity index (χ2n) is 4.32. The molecule has 0 aliphatic carbocycles. The van der Waals surface area contributed by atoms with Crippen LogP contribution in [0.3, 0.4) is 0 Å². The molecule has 7 heteroatoms. The molecule has 0 amide bonds. The maximum absolute atomic E-state index is 6.06. The normalized spacial score (nSPS) is 16.8. The predicted molar refractivity (Wildman–Crippen MR) is 80.8 cm³/mol. The molecule has 4 nitrogen and oxygen atoms in total. The van der Waals surface area contributed by atoms with E-state index < -0.39 is 0 Å². The van der Waals surface area contributed by atoms with Gasteiger partial charge in [0.15, 0.2) is 0 Å². The zero-order chi connectivity index (χ0) is 13.2. The van der Waals surface area contributed by atoms with Gasteiger partial charge in [0.05, 0.1) is 0 Å². The Balaban J connectivity index is 2.05. The summed E-state index contributed by atoms with van der Waals surface area (Å²) in [6.07, 6.45) is 0. The van der Waals surface area contributed by atoms with Crippen molar-refractivity contribution in [3.8, 4) is 0 Å². The molecule has 2 aromatic heterocycles. The van der Waals surface area contributed by atoms with Crippen LogP contribution in [0, 0.1) is 0 Å². The van der Waals surface area contributed by atoms with Gasteiger partial charge in [-0.1, -0.05) is 0 Å². The number of morpholine rings is 1. The van der Waals surface area contributed by atoms with Crippen LogP contribution in [0.5, 0.6) is 0 Å². The third-order valence-corrected chi connectivity index (χ3v) is 6.14. The molecule has 0 spiro atoms. The van der Waals surface area contributed by atoms with Crippen LogP contribution in [-0.2, 0) is 9.95 Å². The molecule has 1 aliphatic rings. The molecule has 0 aromatic carbocycles. The zero-order valence-corrected chi connectivity index (χ0v) is 14.0. The monoisotopic (exact) mass is 358 g/mol. The number of thiophene rings is 1. The number of rotatable bonds is 3. The van der Waals surface area contributed by atoms with E-state index in [9.17, 15) is 0 Å². The van der Waals surface area contributed by atoms with Crippen molar-refractivity contribution >= 4 is 54.7 Å². The number of aromatic nitrogens is 2. The van der Waals surface area contributed by atoms with Crippen LogP contribution in [0.2, 0.25) is 11.0 Å². The van der Waals surface area contributed by atoms with Gasteiger partial charge < -0.3 is 0 Å². The average Bonchev–Trinajstić information content (AvgIpc) is 2.81. The Bertz CT molecular complexity index is 586. The molecule has 3 heterocycles. The summed E-state index contributed by atoms with van der Waals surface area (Å²) in [5, 5.41) is 1.51. The first kappa shape index (κ1) is 13.6. The van der Waals surface area contributed by atoms with Crippen molar-refractivity contribution in [2.75, 3.05) is 31.2 Å². The molecule has 0 N–H and O–H groups in total. The summed E-state index contributed by atoms with van der Waals surface area (Å²) in [5.74, 6) is 0.974. The standard InChI is InChI=1S/C12H14AsClN3OS/c1-13-7-8-6-9-10(19-8)11(16-12(14)15-9)17-2-4-18-5-3-17/h6H,2-5,7H2,1H3. The minimum absolute atomic E-state index is 0.336. The van der Waals surface area contributed by atoms with Crippen LogP contribution in [0.25, 0.3) is 10.2 Å². The second kappa shape index (κ2) is 5.96. The molecule has 0 atom stereocenters. The van der Waals surface area contributed by atoms with E-state index in [4.69, 9.17) is 16.3 Å². The number of fused-ring (bicyclic) bond motifs is 1. The van der Waals surface area contributed by atoms with E-state index in [2.05, 4.69) is 26.6 Å². The van der Waals surface area contributed by atoms with Crippen LogP contribution in [0.4, 0.5) is 5.82 Å². The summed E-state index contributed by atoms with van der Waals surface area (Å²) >= 11 is 8.25. The van der Waals surface area contributed by atoms with Crippen molar-refractivity contribution in [1.82, 2.24) is 9.97 Å². The van der Waals surface area contributed by atoms with Gasteiger partial charge in [-0.3, -0.25) is 0 Å². The van der Waals surface area contributed by atoms with Crippen molar-refractivity contribution in [1.29, 1.82) is 0 Å². The van der Waals surface area contributed by atoms with E-state index >= 15 is 0 Å². The van der Waals surface area contributed by atoms with Gasteiger partial charge in [-0.05, 0) is 0 Å². The number of ether oxygens (including phenoxy) is 1. The first-order valence-electron chi connectivity index (χ1n) is 6.12. The number of nitrogens with zero attached hydrogens (tertiary/aromatic N) is 3. The number of halogens is 1. The van der Waals surface area contributed by atoms with E-state index in [0.717, 1.165) is 42.3 Å². The van der Waals surface area contributed by atoms with Crippen LogP contribution in [0.1, 0.15) is 4.88 Å². The van der Waals surface area contributed by atoms with Crippen molar-refractivity contribution < 1.29 is 4.74 Å². The molecular formula is C12H14AsClN3OS. The molecule has 3 rings (SSSR count). The molecule has 2 aromatic rings. The van der Waals surface area contributed by atoms with Gasteiger partial charge in [0.25, 0.3) is 0 Å². The first-order chi connectivity index (χ1) is 9.28. The molecule has 0 saturated carbocycles. The van der Waals surface area contributed by atoms with E-state index in [-0.39, 0.29) is 0 Å². The summed E-state index contributed by atoms with van der Waals surface area (Å²) < 4.78 is 6.56. The van der Waals surface area contributed by atoms with E-state index in [0.29, 0.717) is 21.0 Å². The molecule has 1 radical (unpaired) electrons. The Labute approximate surface area is 127 Å². The molecule has 1 fully saturated rings. The van der Waals surface area contributed by atoms with E-state index in [1.807, 2.05) is 11.3 Å². The molecule has 1 saturated heterocycles. The molecule has 0 bridgehead atoms. The van der Waals surface area contributed by atoms with Gasteiger partial charge in [-0.2, -0.15) is 0 Å². The molecule has 1 aliphatic heterocycles. The molecule has 101 valence electrons. The Morgan fingerprint density at radius 3 is 2.95 bits per heavy atom. The van der Waals surface area contributed by atoms with Gasteiger partial charge in [0, 0.05) is 0 Å². The molecule has 19 heavy (non-hydrogen) atoms. The van der Waals surface area contributed by atoms with Crippen molar-refractivity contribution in [3.05, 3.63) is 16.2 Å². The minimum atomic E-state index is 0.336. The fraction of sp³-hybridized carbons (Fsp3) is 0.500. The van der Waals surface area contributed by atoms with Gasteiger partial charge in [-0.15, -0.1) is 0 Å². The summed E-state index contributed by atoms with van der Waals surface area (Å²) in [4.78, 5) is 12.4. The number of hydrogen-bond donors (Lipinski definition) is 0. The molecule has 0 unspecified atom stereocenters. The van der Waals surface area contributed by atoms with Gasteiger partial charge in [0.2, 0.25) is 0 Å². The van der Waals surface area contributed by atoms with E-state index in [1.54, 1.807) is 0 Å². The Hall–Kier alpha value is -0.352. The van der Waals surface area contributed by atoms with Crippen LogP contribution < -0.4 is 4.90 Å². The summed E-state index contributed by atoms with van der Waals surface area (Å²) in [7, 11) is 0. The van der Waals surface area contributed by atoms with Crippen LogP contribution >= 0.6 is 22.9 Å². The summed E-state index contributed by atoms with van der Waals surface area (Å²) in [5.41, 5.74) is 3.26.